The number of nitrogens with one attached hydrogen (secondary N) is 1. The Balaban J connectivity index is 3.36. The Hall–Kier alpha value is -1.58. The number of hydrogen-bond donors (Lipinski definition) is 2. The van der Waals surface area contributed by atoms with Crippen molar-refractivity contribution in [3.8, 4) is 0 Å². The summed E-state index contributed by atoms with van der Waals surface area (Å²) >= 11 is 0. The van der Waals surface area contributed by atoms with Crippen LogP contribution >= 0.6 is 0 Å². The molecule has 0 radical (unpaired) electrons. The van der Waals surface area contributed by atoms with Crippen LogP contribution in [0.3, 0.4) is 0 Å². The molecule has 1 aliphatic heterocycles. The molecular formula is C17H29N3O. The van der Waals surface area contributed by atoms with E-state index in [-0.39, 0.29) is 11.8 Å². The summed E-state index contributed by atoms with van der Waals surface area (Å²) in [6, 6.07) is 0. The van der Waals surface area contributed by atoms with Crippen LogP contribution < -0.4 is 11.1 Å². The molecule has 4 nitrogen and oxygen atoms in total. The number of rotatable bonds is 6. The van der Waals surface area contributed by atoms with Crippen molar-refractivity contribution in [2.24, 2.45) is 28.5 Å². The van der Waals surface area contributed by atoms with Crippen LogP contribution in [0.1, 0.15) is 47.0 Å². The summed E-state index contributed by atoms with van der Waals surface area (Å²) in [5.41, 5.74) is 7.28. The maximum absolute atomic E-state index is 11.9. The standard InChI is InChI=1S/C17H29N3O/c1-6-11(4)13(8-3)14-9-12(7-2)17(19-5)20-10-15(14)16(18)21/h9-13H,6-8H2,1-5H3,(H2,18,21)(H,19,20). The maximum Gasteiger partial charge on any atom is 0.250 e. The Morgan fingerprint density at radius 1 is 1.38 bits per heavy atom. The molecule has 3 atom stereocenters. The van der Waals surface area contributed by atoms with E-state index in [0.717, 1.165) is 30.7 Å². The van der Waals surface area contributed by atoms with Crippen LogP contribution in [0.2, 0.25) is 0 Å². The van der Waals surface area contributed by atoms with Gasteiger partial charge in [-0.1, -0.05) is 40.2 Å². The molecule has 1 aliphatic rings. The summed E-state index contributed by atoms with van der Waals surface area (Å²) in [7, 11) is 1.77. The molecule has 0 saturated heterocycles. The smallest absolute Gasteiger partial charge is 0.250 e. The minimum Gasteiger partial charge on any atom is -0.366 e. The van der Waals surface area contributed by atoms with E-state index in [9.17, 15) is 4.79 Å². The van der Waals surface area contributed by atoms with Gasteiger partial charge in [0, 0.05) is 19.2 Å². The number of primary amides is 1. The van der Waals surface area contributed by atoms with Crippen LogP contribution in [-0.4, -0.2) is 18.8 Å². The van der Waals surface area contributed by atoms with E-state index < -0.39 is 0 Å². The van der Waals surface area contributed by atoms with E-state index in [0.29, 0.717) is 17.4 Å². The number of carbonyl (C=O) groups is 1. The number of carbonyl (C=O) groups excluding carboxylic acids is 1. The topological polar surface area (TPSA) is 67.5 Å². The minimum absolute atomic E-state index is 0.205. The van der Waals surface area contributed by atoms with Crippen molar-refractivity contribution in [3.63, 3.8) is 0 Å². The van der Waals surface area contributed by atoms with Gasteiger partial charge in [-0.25, -0.2) is 0 Å². The number of nitrogens with zero attached hydrogens (tertiary/aromatic N) is 1. The van der Waals surface area contributed by atoms with Crippen LogP contribution in [0, 0.1) is 17.8 Å². The van der Waals surface area contributed by atoms with E-state index in [4.69, 9.17) is 5.73 Å². The van der Waals surface area contributed by atoms with Gasteiger partial charge in [-0.3, -0.25) is 9.79 Å². The first kappa shape index (κ1) is 17.5. The molecule has 3 N–H and O–H groups in total. The van der Waals surface area contributed by atoms with Crippen molar-refractivity contribution in [3.05, 3.63) is 23.4 Å². The average Bonchev–Trinajstić information content (AvgIpc) is 2.66. The maximum atomic E-state index is 11.9. The minimum atomic E-state index is -0.372. The van der Waals surface area contributed by atoms with Crippen molar-refractivity contribution >= 4 is 11.7 Å². The van der Waals surface area contributed by atoms with Gasteiger partial charge in [-0.05, 0) is 30.3 Å². The third-order valence-electron chi connectivity index (χ3n) is 4.52. The highest BCUT2D eigenvalue weighted by Gasteiger charge is 2.27. The van der Waals surface area contributed by atoms with Gasteiger partial charge in [-0.2, -0.15) is 0 Å². The van der Waals surface area contributed by atoms with Gasteiger partial charge in [0.15, 0.2) is 0 Å². The Labute approximate surface area is 128 Å². The highest BCUT2D eigenvalue weighted by atomic mass is 16.1. The lowest BCUT2D eigenvalue weighted by Gasteiger charge is -2.26. The molecule has 118 valence electrons. The average molecular weight is 291 g/mol. The van der Waals surface area contributed by atoms with Crippen LogP contribution in [0.4, 0.5) is 0 Å². The molecule has 1 heterocycles. The molecule has 0 aromatic rings. The molecule has 3 unspecified atom stereocenters. The molecule has 0 aliphatic carbocycles. The summed E-state index contributed by atoms with van der Waals surface area (Å²) in [4.78, 5) is 16.2. The first-order valence-electron chi connectivity index (χ1n) is 7.95. The summed E-state index contributed by atoms with van der Waals surface area (Å²) in [5.74, 6) is 1.59. The van der Waals surface area contributed by atoms with Gasteiger partial charge >= 0.3 is 0 Å². The largest absolute Gasteiger partial charge is 0.366 e. The molecule has 0 aromatic carbocycles. The van der Waals surface area contributed by atoms with Crippen LogP contribution in [0.15, 0.2) is 28.4 Å². The monoisotopic (exact) mass is 291 g/mol. The lowest BCUT2D eigenvalue weighted by atomic mass is 9.79. The van der Waals surface area contributed by atoms with E-state index >= 15 is 0 Å². The van der Waals surface area contributed by atoms with E-state index in [1.165, 1.54) is 0 Å². The zero-order valence-electron chi connectivity index (χ0n) is 13.9. The fourth-order valence-electron chi connectivity index (χ4n) is 3.01. The lowest BCUT2D eigenvalue weighted by molar-refractivity contribution is -0.114. The highest BCUT2D eigenvalue weighted by molar-refractivity contribution is 5.99. The number of aliphatic imine (C=N–C) groups is 1. The first-order chi connectivity index (χ1) is 9.99. The van der Waals surface area contributed by atoms with Gasteiger partial charge in [0.2, 0.25) is 5.91 Å². The van der Waals surface area contributed by atoms with Gasteiger partial charge < -0.3 is 11.1 Å². The van der Waals surface area contributed by atoms with Crippen LogP contribution in [0.25, 0.3) is 0 Å². The van der Waals surface area contributed by atoms with Gasteiger partial charge in [0.25, 0.3) is 0 Å². The van der Waals surface area contributed by atoms with E-state index in [2.05, 4.69) is 44.1 Å². The zero-order chi connectivity index (χ0) is 16.0. The first-order valence-corrected chi connectivity index (χ1v) is 7.95. The molecular weight excluding hydrogens is 262 g/mol. The summed E-state index contributed by atoms with van der Waals surface area (Å²) in [6.07, 6.45) is 6.96. The second-order valence-corrected chi connectivity index (χ2v) is 5.71. The normalized spacial score (nSPS) is 23.7. The van der Waals surface area contributed by atoms with Crippen molar-refractivity contribution < 1.29 is 4.79 Å². The molecule has 0 aromatic heterocycles. The lowest BCUT2D eigenvalue weighted by Crippen LogP contribution is -2.25. The molecule has 0 spiro atoms. The summed E-state index contributed by atoms with van der Waals surface area (Å²) in [5, 5.41) is 3.16. The van der Waals surface area contributed by atoms with Crippen molar-refractivity contribution in [1.82, 2.24) is 5.32 Å². The van der Waals surface area contributed by atoms with Gasteiger partial charge in [0.05, 0.1) is 5.57 Å². The molecule has 1 amide bonds. The second kappa shape index (κ2) is 8.01. The summed E-state index contributed by atoms with van der Waals surface area (Å²) < 4.78 is 0. The zero-order valence-corrected chi connectivity index (χ0v) is 13.9. The molecule has 0 bridgehead atoms. The van der Waals surface area contributed by atoms with Crippen LogP contribution in [0.5, 0.6) is 0 Å². The number of amides is 1. The number of nitrogens with two attached hydrogens (primary N) is 1. The predicted octanol–water partition coefficient (Wildman–Crippen LogP) is 3.01. The van der Waals surface area contributed by atoms with Crippen molar-refractivity contribution in [2.45, 2.75) is 47.0 Å². The molecule has 1 rings (SSSR count). The number of hydrogen-bond acceptors (Lipinski definition) is 2. The molecule has 4 heteroatoms. The van der Waals surface area contributed by atoms with Gasteiger partial charge in [-0.15, -0.1) is 0 Å². The third kappa shape index (κ3) is 3.96. The fraction of sp³-hybridized carbons (Fsp3) is 0.647. The molecule has 0 saturated carbocycles. The Bertz CT molecular complexity index is 463. The quantitative estimate of drug-likeness (QED) is 0.790. The number of amidine groups is 1. The second-order valence-electron chi connectivity index (χ2n) is 5.71. The highest BCUT2D eigenvalue weighted by Crippen LogP contribution is 2.33. The Kier molecular flexibility index (Phi) is 6.66. The van der Waals surface area contributed by atoms with E-state index in [1.54, 1.807) is 13.2 Å². The van der Waals surface area contributed by atoms with Crippen LogP contribution in [-0.2, 0) is 4.79 Å². The fourth-order valence-corrected chi connectivity index (χ4v) is 3.01. The Morgan fingerprint density at radius 2 is 2.05 bits per heavy atom. The van der Waals surface area contributed by atoms with E-state index in [1.807, 2.05) is 0 Å². The molecule has 0 fully saturated rings. The van der Waals surface area contributed by atoms with Gasteiger partial charge in [0.1, 0.15) is 5.84 Å². The third-order valence-corrected chi connectivity index (χ3v) is 4.52. The SMILES string of the molecule is CCC1C=C(C(CC)C(C)CC)C(C(N)=O)=CNC1=NC. The van der Waals surface area contributed by atoms with Crippen molar-refractivity contribution in [2.75, 3.05) is 7.05 Å². The Morgan fingerprint density at radius 3 is 2.48 bits per heavy atom. The summed E-state index contributed by atoms with van der Waals surface area (Å²) in [6.45, 7) is 8.73. The van der Waals surface area contributed by atoms with Crippen molar-refractivity contribution in [1.29, 1.82) is 0 Å². The molecule has 21 heavy (non-hydrogen) atoms. The predicted molar refractivity (Wildman–Crippen MR) is 88.9 cm³/mol.